The van der Waals surface area contributed by atoms with Crippen LogP contribution in [0, 0.1) is 30.1 Å². The number of allylic oxidation sites excluding steroid dienone is 1. The maximum atomic E-state index is 14.1. The molecule has 0 radical (unpaired) electrons. The number of methoxy groups -OCH3 is 4. The van der Waals surface area contributed by atoms with Crippen molar-refractivity contribution >= 4 is 17.7 Å². The number of carbonyl (C=O) groups excluding carboxylic acids is 1. The van der Waals surface area contributed by atoms with Crippen molar-refractivity contribution in [2.45, 2.75) is 96.5 Å². The molecule has 1 aliphatic carbocycles. The highest BCUT2D eigenvalue weighted by molar-refractivity contribution is 5.92. The average Bonchev–Trinajstić information content (AvgIpc) is 3.61. The molecule has 0 bridgehead atoms. The molecule has 0 saturated carbocycles. The number of hydrogen-bond acceptors (Lipinski definition) is 14. The molecule has 4 atom stereocenters. The number of likely N-dealkylation sites (N-methyl/N-ethyl adjacent to an activating group) is 1. The molecule has 318 valence electrons. The molecule has 1 aromatic heterocycles. The van der Waals surface area contributed by atoms with Gasteiger partial charge in [-0.15, -0.1) is 4.91 Å². The van der Waals surface area contributed by atoms with Gasteiger partial charge in [0, 0.05) is 83.6 Å². The van der Waals surface area contributed by atoms with Gasteiger partial charge in [-0.3, -0.25) is 9.69 Å². The molecule has 2 aromatic carbocycles. The Morgan fingerprint density at radius 2 is 1.59 bits per heavy atom. The van der Waals surface area contributed by atoms with Crippen molar-refractivity contribution in [1.29, 1.82) is 5.26 Å². The number of nitrogens with one attached hydrogen (secondary N) is 1. The summed E-state index contributed by atoms with van der Waals surface area (Å²) in [5.41, 5.74) is 4.55. The van der Waals surface area contributed by atoms with Crippen LogP contribution >= 0.6 is 0 Å². The number of nitriles is 1. The van der Waals surface area contributed by atoms with Gasteiger partial charge in [-0.1, -0.05) is 13.8 Å². The fraction of sp³-hybridized carbons (Fsp3) is 0.545. The lowest BCUT2D eigenvalue weighted by atomic mass is 9.80. The fourth-order valence-corrected chi connectivity index (χ4v) is 9.58. The lowest BCUT2D eigenvalue weighted by Gasteiger charge is -2.48. The summed E-state index contributed by atoms with van der Waals surface area (Å²) >= 11 is 0. The summed E-state index contributed by atoms with van der Waals surface area (Å²) in [6.45, 7) is 8.93. The summed E-state index contributed by atoms with van der Waals surface area (Å²) in [6.07, 6.45) is 5.43. The van der Waals surface area contributed by atoms with E-state index in [1.54, 1.807) is 27.2 Å². The van der Waals surface area contributed by atoms with Gasteiger partial charge in [0.15, 0.2) is 28.7 Å². The van der Waals surface area contributed by atoms with Gasteiger partial charge in [0.05, 0.1) is 65.6 Å². The van der Waals surface area contributed by atoms with Gasteiger partial charge < -0.3 is 48.2 Å². The predicted octanol–water partition coefficient (Wildman–Crippen LogP) is 6.99. The van der Waals surface area contributed by atoms with Gasteiger partial charge in [0.2, 0.25) is 0 Å². The van der Waals surface area contributed by atoms with Crippen LogP contribution in [0.5, 0.6) is 28.7 Å². The number of aryl methyl sites for hydroxylation is 1. The third-order valence-electron chi connectivity index (χ3n) is 11.9. The molecular weight excluding hydrogens is 759 g/mol. The second-order valence-electron chi connectivity index (χ2n) is 15.2. The zero-order valence-corrected chi connectivity index (χ0v) is 35.8. The first-order chi connectivity index (χ1) is 28.5. The molecule has 4 aliphatic rings. The van der Waals surface area contributed by atoms with E-state index in [4.69, 9.17) is 32.8 Å². The van der Waals surface area contributed by atoms with Crippen molar-refractivity contribution in [3.05, 3.63) is 67.2 Å². The Morgan fingerprint density at radius 1 is 0.966 bits per heavy atom. The maximum absolute atomic E-state index is 14.1. The molecule has 3 aliphatic heterocycles. The molecule has 15 nitrogen and oxygen atoms in total. The monoisotopic (exact) mass is 815 g/mol. The number of rotatable bonds is 11. The van der Waals surface area contributed by atoms with Crippen LogP contribution in [-0.4, -0.2) is 101 Å². The van der Waals surface area contributed by atoms with Crippen LogP contribution in [0.2, 0.25) is 0 Å². The van der Waals surface area contributed by atoms with Gasteiger partial charge in [-0.25, -0.2) is 0 Å². The highest BCUT2D eigenvalue weighted by Gasteiger charge is 2.50. The lowest BCUT2D eigenvalue weighted by Crippen LogP contribution is -2.55. The predicted molar refractivity (Wildman–Crippen MR) is 221 cm³/mol. The third-order valence-corrected chi connectivity index (χ3v) is 11.9. The Hall–Kier alpha value is -5.30. The van der Waals surface area contributed by atoms with E-state index in [2.05, 4.69) is 16.6 Å². The number of nitroso groups, excluding NO2 is 1. The number of nitrogens with zero attached hydrogens (tertiary/aromatic N) is 4. The Morgan fingerprint density at radius 3 is 2.19 bits per heavy atom. The number of phenols is 1. The van der Waals surface area contributed by atoms with Crippen LogP contribution in [0.15, 0.2) is 21.4 Å². The van der Waals surface area contributed by atoms with Gasteiger partial charge in [0.25, 0.3) is 5.91 Å². The lowest BCUT2D eigenvalue weighted by molar-refractivity contribution is -0.00545. The molecule has 2 unspecified atom stereocenters. The average molecular weight is 816 g/mol. The molecule has 7 rings (SSSR count). The minimum absolute atomic E-state index is 0.0302. The number of ether oxygens (including phenoxy) is 6. The van der Waals surface area contributed by atoms with Crippen LogP contribution in [0.1, 0.15) is 100 Å². The topological polar surface area (TPSA) is 178 Å². The second-order valence-corrected chi connectivity index (χ2v) is 15.2. The summed E-state index contributed by atoms with van der Waals surface area (Å²) in [7, 11) is 9.88. The van der Waals surface area contributed by atoms with E-state index in [0.717, 1.165) is 24.2 Å². The zero-order valence-electron chi connectivity index (χ0n) is 35.8. The Labute approximate surface area is 346 Å². The molecule has 3 aromatic rings. The third kappa shape index (κ3) is 7.69. The number of hydrogen-bond donors (Lipinski definition) is 2. The summed E-state index contributed by atoms with van der Waals surface area (Å²) in [5.74, 6) is 2.68. The molecule has 2 N–H and O–H groups in total. The quantitative estimate of drug-likeness (QED) is 0.190. The number of fused-ring (bicyclic) bond motifs is 4. The Balaban J connectivity index is 0.00000288. The maximum Gasteiger partial charge on any atom is 0.287 e. The minimum Gasteiger partial charge on any atom is -0.504 e. The first-order valence-corrected chi connectivity index (χ1v) is 20.3. The standard InChI is InChI=1S/C42H51N5O10.C2H6/c1-21-38(51-5)27-17-24(19-43)47-29(36(46(3)4)34(27)35(45-50)40(21)53-7)18-28-33(37(48)41(54-8)22(2)39(28)52-6)30(47)20-44-42(49)32-16-23-15-26(9-10-31(23)57-32)56-25-11-13-55-14-12-25;1-2/h15-16,24-25,29-30,36,48H,9-14,17-18,20H2,1-8H3,(H,44,49);1-2H3/t24-,29?,30?,36+;/m1./s1. The smallest absolute Gasteiger partial charge is 0.287 e. The molecule has 1 fully saturated rings. The minimum atomic E-state index is -0.817. The highest BCUT2D eigenvalue weighted by atomic mass is 16.5. The van der Waals surface area contributed by atoms with E-state index >= 15 is 0 Å². The number of furan rings is 1. The van der Waals surface area contributed by atoms with Crippen LogP contribution in [0.25, 0.3) is 6.08 Å². The van der Waals surface area contributed by atoms with E-state index in [-0.39, 0.29) is 42.0 Å². The van der Waals surface area contributed by atoms with Crippen molar-refractivity contribution in [2.75, 3.05) is 62.3 Å². The van der Waals surface area contributed by atoms with E-state index in [1.165, 1.54) is 14.2 Å². The van der Waals surface area contributed by atoms with Crippen molar-refractivity contribution in [3.8, 4) is 34.8 Å². The van der Waals surface area contributed by atoms with E-state index < -0.39 is 30.1 Å². The van der Waals surface area contributed by atoms with Gasteiger partial charge in [-0.2, -0.15) is 5.26 Å². The molecule has 1 amide bonds. The van der Waals surface area contributed by atoms with E-state index in [0.29, 0.717) is 88.9 Å². The molecule has 4 heterocycles. The summed E-state index contributed by atoms with van der Waals surface area (Å²) in [5, 5.41) is 29.7. The Kier molecular flexibility index (Phi) is 13.4. The summed E-state index contributed by atoms with van der Waals surface area (Å²) in [4.78, 5) is 30.9. The molecule has 1 saturated heterocycles. The molecule has 59 heavy (non-hydrogen) atoms. The first kappa shape index (κ1) is 43.3. The van der Waals surface area contributed by atoms with Crippen LogP contribution in [0.3, 0.4) is 0 Å². The normalized spacial score (nSPS) is 21.2. The van der Waals surface area contributed by atoms with Crippen molar-refractivity contribution in [2.24, 2.45) is 5.18 Å². The number of carbonyl (C=O) groups is 1. The number of phenolic OH excluding ortho intramolecular Hbond substituents is 1. The van der Waals surface area contributed by atoms with Crippen LogP contribution in [0.4, 0.5) is 5.69 Å². The van der Waals surface area contributed by atoms with Crippen LogP contribution < -0.4 is 24.3 Å². The molecular formula is C44H57N5O10. The fourth-order valence-electron chi connectivity index (χ4n) is 9.58. The van der Waals surface area contributed by atoms with Gasteiger partial charge >= 0.3 is 0 Å². The van der Waals surface area contributed by atoms with E-state index in [1.807, 2.05) is 50.7 Å². The zero-order chi connectivity index (χ0) is 42.7. The van der Waals surface area contributed by atoms with Crippen molar-refractivity contribution < 1.29 is 42.7 Å². The summed E-state index contributed by atoms with van der Waals surface area (Å²) in [6, 6.07) is 1.60. The van der Waals surface area contributed by atoms with Crippen molar-refractivity contribution in [1.82, 2.24) is 15.1 Å². The molecule has 15 heteroatoms. The van der Waals surface area contributed by atoms with Gasteiger partial charge in [-0.05, 0) is 51.7 Å². The molecule has 0 spiro atoms. The number of aromatic hydroxyl groups is 1. The number of amides is 1. The van der Waals surface area contributed by atoms with Crippen LogP contribution in [-0.2, 0) is 28.7 Å². The highest BCUT2D eigenvalue weighted by Crippen LogP contribution is 2.56. The SMILES string of the molecule is CC.COc1c(C)c(OC)c2c(c1O)C(CNC(=O)c1cc3c(o1)CCC(OC1CCOCC1)=C3)N1C(C2)[C@H](N(C)C)c2c(c(OC)c(C)c(OC)c2N=O)C[C@@H]1C#N. The first-order valence-electron chi connectivity index (χ1n) is 20.3. The Bertz CT molecular complexity index is 2130. The van der Waals surface area contributed by atoms with Crippen molar-refractivity contribution in [3.63, 3.8) is 0 Å². The second kappa shape index (κ2) is 18.3. The largest absolute Gasteiger partial charge is 0.504 e. The van der Waals surface area contributed by atoms with E-state index in [9.17, 15) is 20.1 Å². The van der Waals surface area contributed by atoms with Gasteiger partial charge in [0.1, 0.15) is 29.4 Å². The number of benzene rings is 2. The summed E-state index contributed by atoms with van der Waals surface area (Å²) < 4.78 is 41.4.